The molecule has 8 heteroatoms. The molecule has 0 radical (unpaired) electrons. The lowest BCUT2D eigenvalue weighted by atomic mass is 10.1. The first-order valence-electron chi connectivity index (χ1n) is 6.43. The van der Waals surface area contributed by atoms with E-state index >= 15 is 0 Å². The highest BCUT2D eigenvalue weighted by Crippen LogP contribution is 2.31. The quantitative estimate of drug-likeness (QED) is 0.743. The van der Waals surface area contributed by atoms with Crippen molar-refractivity contribution in [1.29, 1.82) is 0 Å². The molecule has 1 saturated heterocycles. The fourth-order valence-electron chi connectivity index (χ4n) is 2.71. The Morgan fingerprint density at radius 2 is 2.20 bits per heavy atom. The first-order valence-corrected chi connectivity index (χ1v) is 6.43. The molecular weight excluding hydrogens is 262 g/mol. The van der Waals surface area contributed by atoms with E-state index in [-0.39, 0.29) is 5.91 Å². The number of ether oxygens (including phenoxy) is 1. The zero-order valence-electron chi connectivity index (χ0n) is 11.7. The average molecular weight is 279 g/mol. The number of carbonyl (C=O) groups excluding carboxylic acids is 2. The van der Waals surface area contributed by atoms with Crippen LogP contribution in [-0.4, -0.2) is 72.1 Å². The van der Waals surface area contributed by atoms with Crippen molar-refractivity contribution in [3.63, 3.8) is 0 Å². The third kappa shape index (κ3) is 1.68. The summed E-state index contributed by atoms with van der Waals surface area (Å²) in [6.07, 6.45) is 1.42. The van der Waals surface area contributed by atoms with Crippen molar-refractivity contribution in [3.05, 3.63) is 11.9 Å². The number of likely N-dealkylation sites (N-methyl/N-ethyl adjacent to an activating group) is 1. The van der Waals surface area contributed by atoms with Gasteiger partial charge in [0.2, 0.25) is 5.96 Å². The van der Waals surface area contributed by atoms with E-state index in [4.69, 9.17) is 4.74 Å². The molecule has 2 unspecified atom stereocenters. The highest BCUT2D eigenvalue weighted by molar-refractivity contribution is 6.04. The van der Waals surface area contributed by atoms with Gasteiger partial charge in [-0.05, 0) is 6.92 Å². The molecule has 1 N–H and O–H groups in total. The minimum atomic E-state index is -0.491. The largest absolute Gasteiger partial charge is 0.383 e. The van der Waals surface area contributed by atoms with E-state index in [9.17, 15) is 9.59 Å². The van der Waals surface area contributed by atoms with E-state index in [2.05, 4.69) is 10.3 Å². The van der Waals surface area contributed by atoms with Crippen LogP contribution in [-0.2, 0) is 9.53 Å². The summed E-state index contributed by atoms with van der Waals surface area (Å²) in [6.45, 7) is 3.18. The van der Waals surface area contributed by atoms with E-state index in [0.29, 0.717) is 19.1 Å². The highest BCUT2D eigenvalue weighted by atomic mass is 16.5. The molecule has 8 nitrogen and oxygen atoms in total. The van der Waals surface area contributed by atoms with Crippen LogP contribution in [0.15, 0.2) is 16.9 Å². The van der Waals surface area contributed by atoms with E-state index < -0.39 is 18.2 Å². The Morgan fingerprint density at radius 3 is 2.90 bits per heavy atom. The van der Waals surface area contributed by atoms with E-state index in [1.165, 1.54) is 4.90 Å². The minimum Gasteiger partial charge on any atom is -0.383 e. The zero-order chi connectivity index (χ0) is 14.4. The lowest BCUT2D eigenvalue weighted by Gasteiger charge is -2.34. The third-order valence-corrected chi connectivity index (χ3v) is 3.79. The van der Waals surface area contributed by atoms with Crippen LogP contribution in [0, 0.1) is 0 Å². The van der Waals surface area contributed by atoms with Gasteiger partial charge in [-0.25, -0.2) is 9.79 Å². The number of imide groups is 1. The normalized spacial score (nSPS) is 28.2. The van der Waals surface area contributed by atoms with Crippen molar-refractivity contribution in [2.24, 2.45) is 4.99 Å². The lowest BCUT2D eigenvalue weighted by molar-refractivity contribution is -0.126. The molecule has 108 valence electrons. The predicted molar refractivity (Wildman–Crippen MR) is 70.5 cm³/mol. The molecule has 2 atom stereocenters. The summed E-state index contributed by atoms with van der Waals surface area (Å²) < 4.78 is 5.09. The third-order valence-electron chi connectivity index (χ3n) is 3.79. The monoisotopic (exact) mass is 279 g/mol. The predicted octanol–water partition coefficient (Wildman–Crippen LogP) is -0.642. The average Bonchev–Trinajstić information content (AvgIpc) is 2.89. The van der Waals surface area contributed by atoms with Crippen LogP contribution in [0.5, 0.6) is 0 Å². The second-order valence-electron chi connectivity index (χ2n) is 5.02. The maximum Gasteiger partial charge on any atom is 0.325 e. The van der Waals surface area contributed by atoms with Crippen LogP contribution in [0.25, 0.3) is 0 Å². The summed E-state index contributed by atoms with van der Waals surface area (Å²) in [7, 11) is 3.28. The van der Waals surface area contributed by atoms with Gasteiger partial charge < -0.3 is 19.4 Å². The van der Waals surface area contributed by atoms with Gasteiger partial charge in [-0.2, -0.15) is 0 Å². The number of guanidine groups is 1. The van der Waals surface area contributed by atoms with Gasteiger partial charge in [0.1, 0.15) is 0 Å². The molecule has 0 aromatic heterocycles. The molecule has 3 aliphatic rings. The number of allylic oxidation sites excluding steroid dienone is 1. The summed E-state index contributed by atoms with van der Waals surface area (Å²) in [5, 5.41) is 2.35. The van der Waals surface area contributed by atoms with Gasteiger partial charge in [0.05, 0.1) is 6.61 Å². The molecule has 3 rings (SSSR count). The SMILES string of the molecule is COCCN1C(C)=CN2C1=NC1C2C(=O)NC(=O)N1C. The zero-order valence-corrected chi connectivity index (χ0v) is 11.7. The van der Waals surface area contributed by atoms with Crippen molar-refractivity contribution in [3.8, 4) is 0 Å². The van der Waals surface area contributed by atoms with Crippen molar-refractivity contribution in [2.75, 3.05) is 27.3 Å². The summed E-state index contributed by atoms with van der Waals surface area (Å²) >= 11 is 0. The van der Waals surface area contributed by atoms with E-state index in [1.54, 1.807) is 14.2 Å². The molecule has 0 aromatic rings. The number of aliphatic imine (C=N–C) groups is 1. The standard InChI is InChI=1S/C12H17N5O3/c1-7-6-17-8-9(15(2)12(19)14-10(8)18)13-11(17)16(7)4-5-20-3/h6,8-9H,4-5H2,1-3H3,(H,14,18,19). The second-order valence-corrected chi connectivity index (χ2v) is 5.02. The molecule has 0 saturated carbocycles. The number of rotatable bonds is 3. The second kappa shape index (κ2) is 4.48. The molecule has 3 heterocycles. The summed E-state index contributed by atoms with van der Waals surface area (Å²) in [5.74, 6) is 0.390. The number of fused-ring (bicyclic) bond motifs is 3. The number of hydrogen-bond donors (Lipinski definition) is 1. The molecule has 0 aliphatic carbocycles. The van der Waals surface area contributed by atoms with Crippen LogP contribution in [0.2, 0.25) is 0 Å². The summed E-state index contributed by atoms with van der Waals surface area (Å²) in [4.78, 5) is 33.5. The molecule has 3 amide bonds. The Bertz CT molecular complexity index is 529. The first kappa shape index (κ1) is 12.9. The van der Waals surface area contributed by atoms with Crippen molar-refractivity contribution < 1.29 is 14.3 Å². The van der Waals surface area contributed by atoms with Crippen LogP contribution < -0.4 is 5.32 Å². The molecule has 1 fully saturated rings. The van der Waals surface area contributed by atoms with Gasteiger partial charge in [0.15, 0.2) is 12.2 Å². The first-order chi connectivity index (χ1) is 9.54. The Balaban J connectivity index is 1.90. The summed E-state index contributed by atoms with van der Waals surface area (Å²) in [6, 6.07) is -0.902. The molecule has 3 aliphatic heterocycles. The Kier molecular flexibility index (Phi) is 2.89. The van der Waals surface area contributed by atoms with Crippen molar-refractivity contribution >= 4 is 17.9 Å². The molecular formula is C12H17N5O3. The van der Waals surface area contributed by atoms with Crippen LogP contribution >= 0.6 is 0 Å². The number of methoxy groups -OCH3 is 1. The topological polar surface area (TPSA) is 77.5 Å². The smallest absolute Gasteiger partial charge is 0.325 e. The maximum absolute atomic E-state index is 12.1. The number of carbonyl (C=O) groups is 2. The Labute approximate surface area is 116 Å². The van der Waals surface area contributed by atoms with Crippen LogP contribution in [0.3, 0.4) is 0 Å². The lowest BCUT2D eigenvalue weighted by Crippen LogP contribution is -2.62. The van der Waals surface area contributed by atoms with Gasteiger partial charge in [-0.3, -0.25) is 10.1 Å². The van der Waals surface area contributed by atoms with Gasteiger partial charge in [0, 0.05) is 32.6 Å². The number of amides is 3. The van der Waals surface area contributed by atoms with Gasteiger partial charge in [-0.1, -0.05) is 0 Å². The van der Waals surface area contributed by atoms with E-state index in [1.807, 2.05) is 22.9 Å². The van der Waals surface area contributed by atoms with Gasteiger partial charge in [0.25, 0.3) is 5.91 Å². The van der Waals surface area contributed by atoms with Crippen LogP contribution in [0.1, 0.15) is 6.92 Å². The number of nitrogens with one attached hydrogen (secondary N) is 1. The molecule has 0 bridgehead atoms. The molecule has 0 aromatic carbocycles. The van der Waals surface area contributed by atoms with Crippen molar-refractivity contribution in [1.82, 2.24) is 20.0 Å². The fraction of sp³-hybridized carbons (Fsp3) is 0.583. The van der Waals surface area contributed by atoms with Crippen molar-refractivity contribution in [2.45, 2.75) is 19.1 Å². The van der Waals surface area contributed by atoms with Crippen LogP contribution in [0.4, 0.5) is 4.79 Å². The summed E-state index contributed by atoms with van der Waals surface area (Å²) in [5.41, 5.74) is 1.01. The number of urea groups is 1. The minimum absolute atomic E-state index is 0.311. The Hall–Kier alpha value is -2.09. The van der Waals surface area contributed by atoms with Gasteiger partial charge in [-0.15, -0.1) is 0 Å². The van der Waals surface area contributed by atoms with Gasteiger partial charge >= 0.3 is 6.03 Å². The number of hydrogen-bond acceptors (Lipinski definition) is 6. The highest BCUT2D eigenvalue weighted by Gasteiger charge is 2.51. The Morgan fingerprint density at radius 1 is 1.45 bits per heavy atom. The molecule has 20 heavy (non-hydrogen) atoms. The van der Waals surface area contributed by atoms with E-state index in [0.717, 1.165) is 5.70 Å². The maximum atomic E-state index is 12.1. The molecule has 0 spiro atoms. The fourth-order valence-corrected chi connectivity index (χ4v) is 2.71. The number of nitrogens with zero attached hydrogens (tertiary/aromatic N) is 4.